The first kappa shape index (κ1) is 10.00. The summed E-state index contributed by atoms with van der Waals surface area (Å²) in [6.07, 6.45) is 7.15. The van der Waals surface area contributed by atoms with E-state index in [2.05, 4.69) is 10.1 Å². The molecule has 0 unspecified atom stereocenters. The normalized spacial score (nSPS) is 16.2. The van der Waals surface area contributed by atoms with Gasteiger partial charge in [0.05, 0.1) is 11.2 Å². The lowest BCUT2D eigenvalue weighted by Crippen LogP contribution is -2.04. The molecule has 0 bridgehead atoms. The molecule has 4 nitrogen and oxygen atoms in total. The van der Waals surface area contributed by atoms with Crippen LogP contribution < -0.4 is 0 Å². The van der Waals surface area contributed by atoms with Crippen molar-refractivity contribution in [2.24, 2.45) is 4.99 Å². The first-order valence-corrected chi connectivity index (χ1v) is 5.54. The monoisotopic (exact) mass is 225 g/mol. The fourth-order valence-corrected chi connectivity index (χ4v) is 2.03. The van der Waals surface area contributed by atoms with Crippen molar-refractivity contribution in [3.05, 3.63) is 48.3 Å². The molecule has 0 aliphatic heterocycles. The molecule has 4 heteroatoms. The Morgan fingerprint density at radius 3 is 2.88 bits per heavy atom. The third-order valence-electron chi connectivity index (χ3n) is 3.14. The number of rotatable bonds is 3. The van der Waals surface area contributed by atoms with Gasteiger partial charge < -0.3 is 0 Å². The van der Waals surface area contributed by atoms with Gasteiger partial charge in [0.1, 0.15) is 0 Å². The summed E-state index contributed by atoms with van der Waals surface area (Å²) in [5.41, 5.74) is 1.74. The van der Waals surface area contributed by atoms with Crippen molar-refractivity contribution in [2.45, 2.75) is 18.4 Å². The molecule has 1 heterocycles. The van der Waals surface area contributed by atoms with Crippen LogP contribution in [-0.4, -0.2) is 15.9 Å². The number of carbonyl (C=O) groups excluding carboxylic acids is 1. The van der Waals surface area contributed by atoms with Crippen LogP contribution in [0, 0.1) is 0 Å². The lowest BCUT2D eigenvalue weighted by Gasteiger charge is -2.10. The van der Waals surface area contributed by atoms with E-state index in [1.165, 1.54) is 0 Å². The minimum atomic E-state index is -0.315. The van der Waals surface area contributed by atoms with E-state index in [-0.39, 0.29) is 5.54 Å². The van der Waals surface area contributed by atoms with Crippen molar-refractivity contribution in [3.63, 3.8) is 0 Å². The topological polar surface area (TPSA) is 47.2 Å². The Morgan fingerprint density at radius 1 is 1.35 bits per heavy atom. The summed E-state index contributed by atoms with van der Waals surface area (Å²) in [5, 5.41) is 4.18. The quantitative estimate of drug-likeness (QED) is 0.593. The van der Waals surface area contributed by atoms with E-state index in [1.54, 1.807) is 17.0 Å². The number of aliphatic imine (C=N–C) groups is 1. The molecule has 0 N–H and O–H groups in total. The van der Waals surface area contributed by atoms with E-state index in [1.807, 2.05) is 36.5 Å². The van der Waals surface area contributed by atoms with Crippen molar-refractivity contribution < 1.29 is 4.79 Å². The molecule has 1 saturated carbocycles. The molecule has 1 aromatic heterocycles. The van der Waals surface area contributed by atoms with Crippen molar-refractivity contribution >= 4 is 6.08 Å². The predicted molar refractivity (Wildman–Crippen MR) is 62.6 cm³/mol. The summed E-state index contributed by atoms with van der Waals surface area (Å²) >= 11 is 0. The van der Waals surface area contributed by atoms with Crippen molar-refractivity contribution in [1.29, 1.82) is 0 Å². The fourth-order valence-electron chi connectivity index (χ4n) is 2.03. The Morgan fingerprint density at radius 2 is 2.24 bits per heavy atom. The second kappa shape index (κ2) is 3.68. The van der Waals surface area contributed by atoms with Gasteiger partial charge in [-0.1, -0.05) is 12.1 Å². The average Bonchev–Trinajstić information content (AvgIpc) is 2.94. The molecule has 2 aromatic rings. The molecule has 1 aliphatic carbocycles. The molecule has 0 radical (unpaired) electrons. The van der Waals surface area contributed by atoms with Crippen LogP contribution in [0.1, 0.15) is 18.4 Å². The molecule has 0 saturated heterocycles. The summed E-state index contributed by atoms with van der Waals surface area (Å²) in [6, 6.07) is 9.86. The number of nitrogens with zero attached hydrogens (tertiary/aromatic N) is 3. The highest BCUT2D eigenvalue weighted by Crippen LogP contribution is 2.49. The lowest BCUT2D eigenvalue weighted by atomic mass is 10.1. The minimum Gasteiger partial charge on any atom is -0.241 e. The maximum Gasteiger partial charge on any atom is 0.235 e. The van der Waals surface area contributed by atoms with Gasteiger partial charge in [0.25, 0.3) is 0 Å². The largest absolute Gasteiger partial charge is 0.241 e. The van der Waals surface area contributed by atoms with Crippen molar-refractivity contribution in [3.8, 4) is 5.69 Å². The van der Waals surface area contributed by atoms with Crippen LogP contribution in [0.2, 0.25) is 0 Å². The first-order chi connectivity index (χ1) is 8.34. The molecular formula is C13H11N3O. The summed E-state index contributed by atoms with van der Waals surface area (Å²) in [7, 11) is 0. The molecule has 0 spiro atoms. The van der Waals surface area contributed by atoms with Crippen LogP contribution in [0.5, 0.6) is 0 Å². The van der Waals surface area contributed by atoms with Gasteiger partial charge in [-0.15, -0.1) is 0 Å². The van der Waals surface area contributed by atoms with Crippen molar-refractivity contribution in [2.75, 3.05) is 0 Å². The number of benzene rings is 1. The maximum absolute atomic E-state index is 10.4. The molecule has 17 heavy (non-hydrogen) atoms. The Hall–Kier alpha value is -2.19. The van der Waals surface area contributed by atoms with Crippen LogP contribution in [0.25, 0.3) is 5.69 Å². The van der Waals surface area contributed by atoms with E-state index < -0.39 is 0 Å². The summed E-state index contributed by atoms with van der Waals surface area (Å²) < 4.78 is 1.80. The third-order valence-corrected chi connectivity index (χ3v) is 3.14. The lowest BCUT2D eigenvalue weighted by molar-refractivity contribution is 0.556. The Bertz CT molecular complexity index is 578. The fraction of sp³-hybridized carbons (Fsp3) is 0.231. The third kappa shape index (κ3) is 1.69. The van der Waals surface area contributed by atoms with Gasteiger partial charge in [0.15, 0.2) is 0 Å². The average molecular weight is 225 g/mol. The number of hydrogen-bond donors (Lipinski definition) is 0. The van der Waals surface area contributed by atoms with Crippen LogP contribution in [0.3, 0.4) is 0 Å². The van der Waals surface area contributed by atoms with Crippen LogP contribution in [0.15, 0.2) is 47.7 Å². The zero-order chi connectivity index (χ0) is 11.7. The van der Waals surface area contributed by atoms with E-state index in [0.29, 0.717) is 0 Å². The zero-order valence-corrected chi connectivity index (χ0v) is 9.21. The van der Waals surface area contributed by atoms with Gasteiger partial charge in [-0.2, -0.15) is 10.1 Å². The Kier molecular flexibility index (Phi) is 2.16. The number of aromatic nitrogens is 2. The second-order valence-electron chi connectivity index (χ2n) is 4.24. The molecule has 1 aromatic carbocycles. The Labute approximate surface area is 98.6 Å². The SMILES string of the molecule is O=C=NC1(c2cccc(-n3cccn3)c2)CC1. The van der Waals surface area contributed by atoms with Crippen LogP contribution in [-0.2, 0) is 10.3 Å². The highest BCUT2D eigenvalue weighted by Gasteiger charge is 2.44. The van der Waals surface area contributed by atoms with Crippen LogP contribution >= 0.6 is 0 Å². The maximum atomic E-state index is 10.4. The highest BCUT2D eigenvalue weighted by molar-refractivity contribution is 5.45. The molecule has 0 amide bonds. The highest BCUT2D eigenvalue weighted by atomic mass is 16.1. The molecule has 84 valence electrons. The zero-order valence-electron chi connectivity index (χ0n) is 9.21. The summed E-state index contributed by atoms with van der Waals surface area (Å²) in [4.78, 5) is 14.4. The number of hydrogen-bond acceptors (Lipinski definition) is 3. The predicted octanol–water partition coefficient (Wildman–Crippen LogP) is 2.20. The van der Waals surface area contributed by atoms with E-state index in [4.69, 9.17) is 0 Å². The van der Waals surface area contributed by atoms with Gasteiger partial charge in [-0.3, -0.25) is 0 Å². The molecule has 1 fully saturated rings. The second-order valence-corrected chi connectivity index (χ2v) is 4.24. The van der Waals surface area contributed by atoms with E-state index >= 15 is 0 Å². The number of isocyanates is 1. The van der Waals surface area contributed by atoms with Gasteiger partial charge >= 0.3 is 0 Å². The molecule has 1 aliphatic rings. The van der Waals surface area contributed by atoms with Crippen LogP contribution in [0.4, 0.5) is 0 Å². The molecule has 3 rings (SSSR count). The summed E-state index contributed by atoms with van der Waals surface area (Å²) in [6.45, 7) is 0. The summed E-state index contributed by atoms with van der Waals surface area (Å²) in [5.74, 6) is 0. The van der Waals surface area contributed by atoms with Gasteiger partial charge in [0, 0.05) is 12.4 Å². The van der Waals surface area contributed by atoms with Gasteiger partial charge in [-0.05, 0) is 36.6 Å². The van der Waals surface area contributed by atoms with E-state index in [9.17, 15) is 4.79 Å². The first-order valence-electron chi connectivity index (χ1n) is 5.54. The standard InChI is InChI=1S/C13H11N3O/c17-10-14-13(5-6-13)11-3-1-4-12(9-11)16-8-2-7-15-16/h1-4,7-9H,5-6H2. The minimum absolute atomic E-state index is 0.315. The molecule has 0 atom stereocenters. The van der Waals surface area contributed by atoms with Gasteiger partial charge in [-0.25, -0.2) is 9.48 Å². The van der Waals surface area contributed by atoms with Crippen molar-refractivity contribution in [1.82, 2.24) is 9.78 Å². The molecular weight excluding hydrogens is 214 g/mol. The Balaban J connectivity index is 2.03. The van der Waals surface area contributed by atoms with E-state index in [0.717, 1.165) is 24.1 Å². The smallest absolute Gasteiger partial charge is 0.235 e. The van der Waals surface area contributed by atoms with Gasteiger partial charge in [0.2, 0.25) is 6.08 Å².